The zero-order valence-corrected chi connectivity index (χ0v) is 21.3. The van der Waals surface area contributed by atoms with Crippen molar-refractivity contribution >= 4 is 33.6 Å². The van der Waals surface area contributed by atoms with Gasteiger partial charge in [0.25, 0.3) is 5.91 Å². The zero-order chi connectivity index (χ0) is 26.4. The lowest BCUT2D eigenvalue weighted by Crippen LogP contribution is -2.59. The van der Waals surface area contributed by atoms with E-state index in [4.69, 9.17) is 9.84 Å². The first-order valence-electron chi connectivity index (χ1n) is 11.3. The van der Waals surface area contributed by atoms with Crippen LogP contribution < -0.4 is 10.1 Å². The molecule has 2 N–H and O–H groups in total. The molecule has 2 aliphatic heterocycles. The number of halogens is 2. The van der Waals surface area contributed by atoms with Gasteiger partial charge >= 0.3 is 12.0 Å². The smallest absolute Gasteiger partial charge is 0.321 e. The fourth-order valence-corrected chi connectivity index (χ4v) is 5.91. The molecule has 194 valence electrons. The van der Waals surface area contributed by atoms with E-state index >= 15 is 0 Å². The molecule has 11 heteroatoms. The number of amides is 3. The Kier molecular flexibility index (Phi) is 6.87. The third-order valence-electron chi connectivity index (χ3n) is 6.45. The van der Waals surface area contributed by atoms with Crippen LogP contribution in [0.5, 0.6) is 5.75 Å². The second kappa shape index (κ2) is 9.61. The molecule has 8 nitrogen and oxygen atoms in total. The zero-order valence-electron chi connectivity index (χ0n) is 20.5. The number of nitrogens with one attached hydrogen (secondary N) is 1. The van der Waals surface area contributed by atoms with E-state index < -0.39 is 51.5 Å². The first-order chi connectivity index (χ1) is 16.9. The number of carboxylic acids is 1. The summed E-state index contributed by atoms with van der Waals surface area (Å²) in [5.74, 6) is -3.13. The van der Waals surface area contributed by atoms with Crippen LogP contribution in [0.25, 0.3) is 0 Å². The van der Waals surface area contributed by atoms with Crippen molar-refractivity contribution in [3.63, 3.8) is 0 Å². The second-order valence-electron chi connectivity index (χ2n) is 9.73. The van der Waals surface area contributed by atoms with Crippen molar-refractivity contribution in [3.05, 3.63) is 53.1 Å². The van der Waals surface area contributed by atoms with Crippen LogP contribution in [-0.4, -0.2) is 78.3 Å². The quantitative estimate of drug-likeness (QED) is 0.625. The van der Waals surface area contributed by atoms with Crippen LogP contribution in [-0.2, 0) is 16.0 Å². The third kappa shape index (κ3) is 4.84. The molecule has 2 aromatic rings. The number of carboxylic acid groups (broad SMARTS) is 1. The van der Waals surface area contributed by atoms with E-state index in [0.29, 0.717) is 17.7 Å². The summed E-state index contributed by atoms with van der Waals surface area (Å²) < 4.78 is 34.9. The van der Waals surface area contributed by atoms with Gasteiger partial charge in [-0.25, -0.2) is 23.6 Å². The monoisotopic (exact) mass is 521 g/mol. The normalized spacial score (nSPS) is 18.2. The Hall–Kier alpha value is -3.34. The number of rotatable bonds is 5. The molecular formula is C25H29F2N3O5S. The highest BCUT2D eigenvalue weighted by molar-refractivity contribution is 8.32. The first-order valence-corrected chi connectivity index (χ1v) is 14.2. The van der Waals surface area contributed by atoms with E-state index in [-0.39, 0.29) is 30.2 Å². The third-order valence-corrected chi connectivity index (χ3v) is 8.07. The van der Waals surface area contributed by atoms with Gasteiger partial charge in [0.15, 0.2) is 0 Å². The van der Waals surface area contributed by atoms with E-state index in [9.17, 15) is 23.2 Å². The molecule has 0 aromatic heterocycles. The summed E-state index contributed by atoms with van der Waals surface area (Å²) in [6.45, 7) is 0.323. The molecule has 4 rings (SSSR count). The van der Waals surface area contributed by atoms with Crippen LogP contribution in [0.2, 0.25) is 0 Å². The van der Waals surface area contributed by atoms with E-state index in [2.05, 4.69) is 5.32 Å². The lowest BCUT2D eigenvalue weighted by molar-refractivity contribution is -0.146. The maximum atomic E-state index is 14.8. The Morgan fingerprint density at radius 2 is 1.72 bits per heavy atom. The van der Waals surface area contributed by atoms with Gasteiger partial charge in [-0.2, -0.15) is 0 Å². The fourth-order valence-electron chi connectivity index (χ4n) is 4.62. The predicted molar refractivity (Wildman–Crippen MR) is 133 cm³/mol. The number of urea groups is 1. The van der Waals surface area contributed by atoms with Gasteiger partial charge in [0, 0.05) is 25.3 Å². The lowest BCUT2D eigenvalue weighted by Gasteiger charge is -2.44. The van der Waals surface area contributed by atoms with Gasteiger partial charge in [-0.1, -0.05) is 6.07 Å². The van der Waals surface area contributed by atoms with Gasteiger partial charge in [-0.3, -0.25) is 9.59 Å². The van der Waals surface area contributed by atoms with E-state index in [0.717, 1.165) is 17.7 Å². The topological polar surface area (TPSA) is 99.2 Å². The number of ether oxygens (including phenoxy) is 1. The summed E-state index contributed by atoms with van der Waals surface area (Å²) in [5.41, 5.74) is 1.33. The molecule has 0 radical (unpaired) electrons. The van der Waals surface area contributed by atoms with Crippen molar-refractivity contribution in [2.75, 3.05) is 50.8 Å². The molecule has 3 amide bonds. The number of likely N-dealkylation sites (tertiary alicyclic amines) is 1. The summed E-state index contributed by atoms with van der Waals surface area (Å²) in [6.07, 6.45) is 5.78. The Labute approximate surface area is 209 Å². The van der Waals surface area contributed by atoms with Gasteiger partial charge in [0.05, 0.1) is 17.9 Å². The van der Waals surface area contributed by atoms with Gasteiger partial charge in [0.2, 0.25) is 0 Å². The summed E-state index contributed by atoms with van der Waals surface area (Å²) in [7, 11) is -0.161. The number of fused-ring (bicyclic) bond motifs is 1. The summed E-state index contributed by atoms with van der Waals surface area (Å²) in [4.78, 5) is 40.7. The standard InChI is InChI=1S/C25H29F2N3O5S/c1-35-17-5-6-18-14(9-17)7-8-30(25(34)29-12-15(13-29)24(32)33)21(18)23(31)28-16-10-19(26)22(20(27)11-16)36(2,3)4/h5-6,9-11,15,21H,7-8,12-13H2,1-4H3,(H,28,31)(H,32,33)/t21-/m1/s1. The Balaban J connectivity index is 1.65. The molecule has 0 aliphatic carbocycles. The summed E-state index contributed by atoms with van der Waals surface area (Å²) >= 11 is 0. The molecule has 0 spiro atoms. The van der Waals surface area contributed by atoms with Gasteiger partial charge in [0.1, 0.15) is 23.4 Å². The minimum absolute atomic E-state index is 0.00169. The molecule has 1 saturated heterocycles. The number of hydrogen-bond acceptors (Lipinski definition) is 4. The molecular weight excluding hydrogens is 492 g/mol. The molecule has 1 atom stereocenters. The van der Waals surface area contributed by atoms with E-state index in [1.165, 1.54) is 16.9 Å². The maximum absolute atomic E-state index is 14.8. The molecule has 0 unspecified atom stereocenters. The first kappa shape index (κ1) is 25.7. The highest BCUT2D eigenvalue weighted by Crippen LogP contribution is 2.48. The van der Waals surface area contributed by atoms with Crippen molar-refractivity contribution in [1.82, 2.24) is 9.80 Å². The number of anilines is 1. The second-order valence-corrected chi connectivity index (χ2v) is 13.8. The van der Waals surface area contributed by atoms with Gasteiger partial charge < -0.3 is 25.0 Å². The molecule has 36 heavy (non-hydrogen) atoms. The highest BCUT2D eigenvalue weighted by Gasteiger charge is 2.43. The maximum Gasteiger partial charge on any atom is 0.321 e. The minimum atomic E-state index is -1.69. The van der Waals surface area contributed by atoms with Crippen molar-refractivity contribution in [3.8, 4) is 5.75 Å². The molecule has 2 aromatic carbocycles. The fraction of sp³-hybridized carbons (Fsp3) is 0.400. The Bertz CT molecular complexity index is 1200. The number of benzene rings is 2. The van der Waals surface area contributed by atoms with Crippen LogP contribution in [0, 0.1) is 17.6 Å². The van der Waals surface area contributed by atoms with E-state index in [1.807, 2.05) is 0 Å². The molecule has 0 saturated carbocycles. The summed E-state index contributed by atoms with van der Waals surface area (Å²) in [6, 6.07) is 5.81. The predicted octanol–water partition coefficient (Wildman–Crippen LogP) is 3.70. The molecule has 0 bridgehead atoms. The number of hydrogen-bond donors (Lipinski definition) is 2. The average molecular weight is 522 g/mol. The van der Waals surface area contributed by atoms with Crippen LogP contribution in [0.15, 0.2) is 35.2 Å². The van der Waals surface area contributed by atoms with Crippen molar-refractivity contribution in [2.45, 2.75) is 17.4 Å². The Morgan fingerprint density at radius 3 is 2.28 bits per heavy atom. The number of aliphatic carboxylic acids is 1. The molecule has 2 heterocycles. The summed E-state index contributed by atoms with van der Waals surface area (Å²) in [5, 5.41) is 11.7. The Morgan fingerprint density at radius 1 is 1.08 bits per heavy atom. The highest BCUT2D eigenvalue weighted by atomic mass is 32.3. The van der Waals surface area contributed by atoms with Crippen molar-refractivity contribution in [2.24, 2.45) is 5.92 Å². The number of nitrogens with zero attached hydrogens (tertiary/aromatic N) is 2. The van der Waals surface area contributed by atoms with Gasteiger partial charge in [-0.15, -0.1) is 0 Å². The number of methoxy groups -OCH3 is 1. The van der Waals surface area contributed by atoms with Crippen LogP contribution in [0.4, 0.5) is 19.3 Å². The van der Waals surface area contributed by atoms with Crippen LogP contribution >= 0.6 is 10.0 Å². The van der Waals surface area contributed by atoms with Crippen LogP contribution in [0.1, 0.15) is 17.2 Å². The molecule has 1 fully saturated rings. The number of carbonyl (C=O) groups is 3. The largest absolute Gasteiger partial charge is 0.497 e. The lowest BCUT2D eigenvalue weighted by atomic mass is 9.91. The average Bonchev–Trinajstić information content (AvgIpc) is 2.74. The SMILES string of the molecule is COc1ccc2c(c1)CCN(C(=O)N1CC(C(=O)O)C1)[C@H]2C(=O)Nc1cc(F)c(S(C)(C)C)c(F)c1. The van der Waals surface area contributed by atoms with Crippen LogP contribution in [0.3, 0.4) is 0 Å². The van der Waals surface area contributed by atoms with E-state index in [1.54, 1.807) is 37.0 Å². The minimum Gasteiger partial charge on any atom is -0.497 e. The molecule has 2 aliphatic rings. The van der Waals surface area contributed by atoms with Crippen molar-refractivity contribution in [1.29, 1.82) is 0 Å². The van der Waals surface area contributed by atoms with Gasteiger partial charge in [-0.05, 0) is 60.6 Å². The number of carbonyl (C=O) groups excluding carboxylic acids is 2. The van der Waals surface area contributed by atoms with Crippen molar-refractivity contribution < 1.29 is 33.0 Å².